The topological polar surface area (TPSA) is 29.9 Å². The largest absolute Gasteiger partial charge is 0.319 e. The molecule has 2 unspecified atom stereocenters. The van der Waals surface area contributed by atoms with Gasteiger partial charge >= 0.3 is 0 Å². The van der Waals surface area contributed by atoms with Crippen LogP contribution in [0.25, 0.3) is 0 Å². The molecule has 16 heavy (non-hydrogen) atoms. The molecule has 0 bridgehead atoms. The van der Waals surface area contributed by atoms with Crippen LogP contribution in [0.2, 0.25) is 5.02 Å². The lowest BCUT2D eigenvalue weighted by Crippen LogP contribution is -2.22. The van der Waals surface area contributed by atoms with Crippen molar-refractivity contribution in [2.45, 2.75) is 38.6 Å². The molecule has 2 rings (SSSR count). The van der Waals surface area contributed by atoms with Gasteiger partial charge in [0.2, 0.25) is 0 Å². The first kappa shape index (κ1) is 11.9. The van der Waals surface area contributed by atoms with Crippen molar-refractivity contribution >= 4 is 11.6 Å². The predicted molar refractivity (Wildman–Crippen MR) is 66.9 cm³/mol. The molecule has 1 heterocycles. The molecule has 1 saturated carbocycles. The van der Waals surface area contributed by atoms with Crippen LogP contribution in [0.1, 0.15) is 37.8 Å². The van der Waals surface area contributed by atoms with Gasteiger partial charge in [-0.05, 0) is 39.3 Å². The number of nitrogens with one attached hydrogen (secondary N) is 1. The van der Waals surface area contributed by atoms with Crippen LogP contribution >= 0.6 is 11.6 Å². The molecule has 4 heteroatoms. The van der Waals surface area contributed by atoms with Gasteiger partial charge in [0.1, 0.15) is 0 Å². The van der Waals surface area contributed by atoms with Gasteiger partial charge in [-0.15, -0.1) is 0 Å². The highest BCUT2D eigenvalue weighted by molar-refractivity contribution is 6.31. The molecular formula is C12H20ClN3. The molecule has 3 nitrogen and oxygen atoms in total. The van der Waals surface area contributed by atoms with Crippen molar-refractivity contribution in [1.29, 1.82) is 0 Å². The Balaban J connectivity index is 2.24. The highest BCUT2D eigenvalue weighted by atomic mass is 35.5. The number of hydrogen-bond acceptors (Lipinski definition) is 2. The lowest BCUT2D eigenvalue weighted by molar-refractivity contribution is 0.435. The molecule has 1 N–H and O–H groups in total. The summed E-state index contributed by atoms with van der Waals surface area (Å²) in [5.74, 6) is 1.30. The summed E-state index contributed by atoms with van der Waals surface area (Å²) in [6.07, 6.45) is 5.64. The van der Waals surface area contributed by atoms with E-state index in [1.165, 1.54) is 25.0 Å². The zero-order chi connectivity index (χ0) is 11.5. The first-order chi connectivity index (χ1) is 7.77. The van der Waals surface area contributed by atoms with E-state index < -0.39 is 0 Å². The van der Waals surface area contributed by atoms with Gasteiger partial charge in [-0.3, -0.25) is 4.68 Å². The Morgan fingerprint density at radius 3 is 3.06 bits per heavy atom. The Kier molecular flexibility index (Phi) is 3.87. The average Bonchev–Trinajstić information content (AvgIpc) is 2.85. The molecule has 1 aromatic heterocycles. The maximum Gasteiger partial charge on any atom is 0.0820 e. The van der Waals surface area contributed by atoms with Crippen LogP contribution < -0.4 is 5.32 Å². The van der Waals surface area contributed by atoms with Gasteiger partial charge in [-0.2, -0.15) is 5.10 Å². The van der Waals surface area contributed by atoms with Crippen molar-refractivity contribution in [3.63, 3.8) is 0 Å². The lowest BCUT2D eigenvalue weighted by Gasteiger charge is -2.20. The second-order valence-electron chi connectivity index (χ2n) is 4.55. The van der Waals surface area contributed by atoms with Gasteiger partial charge in [0.15, 0.2) is 0 Å². The summed E-state index contributed by atoms with van der Waals surface area (Å²) in [7, 11) is 2.02. The van der Waals surface area contributed by atoms with E-state index in [9.17, 15) is 0 Å². The second kappa shape index (κ2) is 5.19. The second-order valence-corrected chi connectivity index (χ2v) is 4.96. The summed E-state index contributed by atoms with van der Waals surface area (Å²) in [6, 6.07) is 0. The van der Waals surface area contributed by atoms with Crippen LogP contribution in [-0.4, -0.2) is 23.4 Å². The van der Waals surface area contributed by atoms with E-state index in [2.05, 4.69) is 22.0 Å². The first-order valence-electron chi connectivity index (χ1n) is 6.13. The van der Waals surface area contributed by atoms with E-state index in [0.717, 1.165) is 18.1 Å². The van der Waals surface area contributed by atoms with E-state index in [1.807, 2.05) is 7.05 Å². The molecule has 1 aromatic rings. The van der Waals surface area contributed by atoms with Gasteiger partial charge in [0.05, 0.1) is 16.9 Å². The number of aromatic nitrogens is 2. The summed E-state index contributed by atoms with van der Waals surface area (Å²) in [5.41, 5.74) is 1.25. The minimum Gasteiger partial charge on any atom is -0.319 e. The predicted octanol–water partition coefficient (Wildman–Crippen LogP) is 2.66. The smallest absolute Gasteiger partial charge is 0.0820 e. The van der Waals surface area contributed by atoms with Crippen molar-refractivity contribution in [2.24, 2.45) is 5.92 Å². The van der Waals surface area contributed by atoms with E-state index in [1.54, 1.807) is 6.20 Å². The fourth-order valence-electron chi connectivity index (χ4n) is 2.90. The molecule has 1 fully saturated rings. The highest BCUT2D eigenvalue weighted by Gasteiger charge is 2.31. The molecule has 0 aliphatic heterocycles. The normalized spacial score (nSPS) is 25.2. The van der Waals surface area contributed by atoms with Gasteiger partial charge in [0, 0.05) is 12.5 Å². The Morgan fingerprint density at radius 1 is 1.56 bits per heavy atom. The van der Waals surface area contributed by atoms with Crippen molar-refractivity contribution in [2.75, 3.05) is 13.6 Å². The summed E-state index contributed by atoms with van der Waals surface area (Å²) in [4.78, 5) is 0. The van der Waals surface area contributed by atoms with Gasteiger partial charge < -0.3 is 5.32 Å². The minimum absolute atomic E-state index is 0.586. The molecule has 90 valence electrons. The van der Waals surface area contributed by atoms with Crippen LogP contribution in [0.3, 0.4) is 0 Å². The third-order valence-corrected chi connectivity index (χ3v) is 3.90. The van der Waals surface area contributed by atoms with Crippen molar-refractivity contribution in [1.82, 2.24) is 15.1 Å². The molecule has 2 atom stereocenters. The third-order valence-electron chi connectivity index (χ3n) is 3.61. The zero-order valence-corrected chi connectivity index (χ0v) is 10.8. The standard InChI is InChI=1S/C12H20ClN3/c1-3-16-12(11(13)8-15-16)10-6-4-5-9(10)7-14-2/h8-10,14H,3-7H2,1-2H3. The lowest BCUT2D eigenvalue weighted by atomic mass is 9.92. The molecule has 0 aromatic carbocycles. The Labute approximate surface area is 102 Å². The number of aryl methyl sites for hydroxylation is 1. The fraction of sp³-hybridized carbons (Fsp3) is 0.750. The molecule has 1 aliphatic rings. The van der Waals surface area contributed by atoms with Crippen LogP contribution in [0.4, 0.5) is 0 Å². The van der Waals surface area contributed by atoms with Gasteiger partial charge in [0.25, 0.3) is 0 Å². The van der Waals surface area contributed by atoms with E-state index in [4.69, 9.17) is 11.6 Å². The van der Waals surface area contributed by atoms with Crippen molar-refractivity contribution < 1.29 is 0 Å². The molecule has 0 spiro atoms. The Hall–Kier alpha value is -0.540. The number of rotatable bonds is 4. The van der Waals surface area contributed by atoms with Crippen LogP contribution in [0.15, 0.2) is 6.20 Å². The highest BCUT2D eigenvalue weighted by Crippen LogP contribution is 2.41. The quantitative estimate of drug-likeness (QED) is 0.879. The van der Waals surface area contributed by atoms with Gasteiger partial charge in [-0.1, -0.05) is 18.0 Å². The summed E-state index contributed by atoms with van der Waals surface area (Å²) in [6.45, 7) is 4.11. The Morgan fingerprint density at radius 2 is 2.38 bits per heavy atom. The monoisotopic (exact) mass is 241 g/mol. The summed E-state index contributed by atoms with van der Waals surface area (Å²) >= 11 is 6.27. The van der Waals surface area contributed by atoms with Crippen LogP contribution in [-0.2, 0) is 6.54 Å². The maximum atomic E-state index is 6.27. The summed E-state index contributed by atoms with van der Waals surface area (Å²) < 4.78 is 2.06. The zero-order valence-electron chi connectivity index (χ0n) is 10.0. The molecule has 0 amide bonds. The van der Waals surface area contributed by atoms with Crippen molar-refractivity contribution in [3.05, 3.63) is 16.9 Å². The van der Waals surface area contributed by atoms with E-state index >= 15 is 0 Å². The van der Waals surface area contributed by atoms with Gasteiger partial charge in [-0.25, -0.2) is 0 Å². The minimum atomic E-state index is 0.586. The average molecular weight is 242 g/mol. The fourth-order valence-corrected chi connectivity index (χ4v) is 3.18. The molecule has 1 aliphatic carbocycles. The first-order valence-corrected chi connectivity index (χ1v) is 6.51. The molecule has 0 radical (unpaired) electrons. The third kappa shape index (κ3) is 2.11. The Bertz CT molecular complexity index is 348. The van der Waals surface area contributed by atoms with Crippen molar-refractivity contribution in [3.8, 4) is 0 Å². The maximum absolute atomic E-state index is 6.27. The SMILES string of the molecule is CCn1ncc(Cl)c1C1CCCC1CNC. The van der Waals surface area contributed by atoms with Crippen LogP contribution in [0.5, 0.6) is 0 Å². The molecule has 0 saturated heterocycles. The van der Waals surface area contributed by atoms with Crippen LogP contribution in [0, 0.1) is 5.92 Å². The number of halogens is 1. The number of hydrogen-bond donors (Lipinski definition) is 1. The number of nitrogens with zero attached hydrogens (tertiary/aromatic N) is 2. The van der Waals surface area contributed by atoms with E-state index in [0.29, 0.717) is 11.8 Å². The van der Waals surface area contributed by atoms with E-state index in [-0.39, 0.29) is 0 Å². The summed E-state index contributed by atoms with van der Waals surface area (Å²) in [5, 5.41) is 8.47. The molecular weight excluding hydrogens is 222 g/mol.